The van der Waals surface area contributed by atoms with Crippen molar-refractivity contribution in [2.45, 2.75) is 0 Å². The van der Waals surface area contributed by atoms with Crippen LogP contribution in [0.4, 0.5) is 16.0 Å². The van der Waals surface area contributed by atoms with Crippen molar-refractivity contribution in [3.05, 3.63) is 47.0 Å². The summed E-state index contributed by atoms with van der Waals surface area (Å²) in [4.78, 5) is 15.6. The number of hydrogen-bond donors (Lipinski definition) is 1. The zero-order chi connectivity index (χ0) is 14.8. The van der Waals surface area contributed by atoms with Gasteiger partial charge in [0.15, 0.2) is 5.82 Å². The molecule has 0 bridgehead atoms. The molecular weight excluding hydrogens is 320 g/mol. The summed E-state index contributed by atoms with van der Waals surface area (Å²) in [5.74, 6) is -0.405. The fraction of sp³-hybridized carbons (Fsp3) is 0. The molecule has 0 aliphatic carbocycles. The molecule has 1 aromatic carbocycles. The van der Waals surface area contributed by atoms with Gasteiger partial charge < -0.3 is 5.32 Å². The SMILES string of the molecule is Fc1c(Cl)cccc1Nc1nc(Cl)nc(-n2cncn2)n1. The van der Waals surface area contributed by atoms with Gasteiger partial charge >= 0.3 is 0 Å². The summed E-state index contributed by atoms with van der Waals surface area (Å²) in [6.45, 7) is 0. The zero-order valence-electron chi connectivity index (χ0n) is 10.2. The molecule has 0 saturated heterocycles. The molecule has 10 heteroatoms. The second-order valence-electron chi connectivity index (χ2n) is 3.79. The highest BCUT2D eigenvalue weighted by Gasteiger charge is 2.11. The van der Waals surface area contributed by atoms with E-state index in [1.807, 2.05) is 0 Å². The van der Waals surface area contributed by atoms with E-state index in [1.54, 1.807) is 6.07 Å². The molecule has 0 aliphatic rings. The van der Waals surface area contributed by atoms with Gasteiger partial charge in [0.2, 0.25) is 11.2 Å². The van der Waals surface area contributed by atoms with Gasteiger partial charge in [-0.05, 0) is 23.7 Å². The first-order valence-corrected chi connectivity index (χ1v) is 6.36. The lowest BCUT2D eigenvalue weighted by Crippen LogP contribution is -2.07. The van der Waals surface area contributed by atoms with Gasteiger partial charge in [-0.2, -0.15) is 24.7 Å². The summed E-state index contributed by atoms with van der Waals surface area (Å²) < 4.78 is 15.1. The average molecular weight is 326 g/mol. The Bertz CT molecular complexity index is 778. The molecule has 0 aliphatic heterocycles. The topological polar surface area (TPSA) is 81.4 Å². The van der Waals surface area contributed by atoms with Gasteiger partial charge in [-0.25, -0.2) is 9.37 Å². The van der Waals surface area contributed by atoms with Crippen LogP contribution in [0.1, 0.15) is 0 Å². The lowest BCUT2D eigenvalue weighted by Gasteiger charge is -2.08. The highest BCUT2D eigenvalue weighted by atomic mass is 35.5. The van der Waals surface area contributed by atoms with Crippen molar-refractivity contribution in [3.63, 3.8) is 0 Å². The average Bonchev–Trinajstić information content (AvgIpc) is 2.97. The van der Waals surface area contributed by atoms with Crippen LogP contribution in [0.25, 0.3) is 5.95 Å². The fourth-order valence-electron chi connectivity index (χ4n) is 1.53. The van der Waals surface area contributed by atoms with E-state index in [4.69, 9.17) is 23.2 Å². The number of nitrogens with zero attached hydrogens (tertiary/aromatic N) is 6. The Morgan fingerprint density at radius 1 is 1.14 bits per heavy atom. The lowest BCUT2D eigenvalue weighted by atomic mass is 10.3. The van der Waals surface area contributed by atoms with E-state index in [1.165, 1.54) is 29.5 Å². The van der Waals surface area contributed by atoms with E-state index in [0.717, 1.165) is 0 Å². The van der Waals surface area contributed by atoms with Gasteiger partial charge in [0.05, 0.1) is 10.7 Å². The van der Waals surface area contributed by atoms with Crippen molar-refractivity contribution >= 4 is 34.8 Å². The first-order valence-electron chi connectivity index (χ1n) is 5.61. The van der Waals surface area contributed by atoms with Crippen LogP contribution in [0.5, 0.6) is 0 Å². The fourth-order valence-corrected chi connectivity index (χ4v) is 1.86. The van der Waals surface area contributed by atoms with Crippen molar-refractivity contribution < 1.29 is 4.39 Å². The Balaban J connectivity index is 1.98. The van der Waals surface area contributed by atoms with Crippen LogP contribution >= 0.6 is 23.2 Å². The molecule has 21 heavy (non-hydrogen) atoms. The van der Waals surface area contributed by atoms with E-state index < -0.39 is 5.82 Å². The summed E-state index contributed by atoms with van der Waals surface area (Å²) in [6.07, 6.45) is 2.72. The number of benzene rings is 1. The molecule has 2 aromatic heterocycles. The molecule has 3 rings (SSSR count). The van der Waals surface area contributed by atoms with E-state index in [0.29, 0.717) is 0 Å². The smallest absolute Gasteiger partial charge is 0.258 e. The number of halogens is 3. The summed E-state index contributed by atoms with van der Waals surface area (Å²) in [5.41, 5.74) is 0.120. The van der Waals surface area contributed by atoms with Gasteiger partial charge in [0, 0.05) is 0 Å². The third-order valence-corrected chi connectivity index (χ3v) is 2.88. The van der Waals surface area contributed by atoms with Gasteiger partial charge in [-0.3, -0.25) is 0 Å². The lowest BCUT2D eigenvalue weighted by molar-refractivity contribution is 0.632. The van der Waals surface area contributed by atoms with Crippen LogP contribution in [-0.2, 0) is 0 Å². The second-order valence-corrected chi connectivity index (χ2v) is 4.54. The van der Waals surface area contributed by atoms with Crippen molar-refractivity contribution in [3.8, 4) is 5.95 Å². The summed E-state index contributed by atoms with van der Waals surface area (Å²) in [5, 5.41) is 6.48. The minimum absolute atomic E-state index is 0.0170. The minimum atomic E-state index is -0.613. The Labute approximate surface area is 127 Å². The molecule has 0 radical (unpaired) electrons. The van der Waals surface area contributed by atoms with Crippen molar-refractivity contribution in [2.75, 3.05) is 5.32 Å². The summed E-state index contributed by atoms with van der Waals surface area (Å²) >= 11 is 11.5. The third kappa shape index (κ3) is 2.91. The monoisotopic (exact) mass is 325 g/mol. The largest absolute Gasteiger partial charge is 0.321 e. The van der Waals surface area contributed by atoms with Crippen LogP contribution in [-0.4, -0.2) is 29.7 Å². The predicted octanol–water partition coefficient (Wildman–Crippen LogP) is 2.64. The van der Waals surface area contributed by atoms with Crippen LogP contribution in [0, 0.1) is 5.82 Å². The van der Waals surface area contributed by atoms with Crippen molar-refractivity contribution in [1.82, 2.24) is 29.7 Å². The molecule has 1 N–H and O–H groups in total. The van der Waals surface area contributed by atoms with E-state index in [2.05, 4.69) is 30.4 Å². The predicted molar refractivity (Wildman–Crippen MR) is 74.4 cm³/mol. The Morgan fingerprint density at radius 2 is 2.00 bits per heavy atom. The number of aromatic nitrogens is 6. The Morgan fingerprint density at radius 3 is 2.76 bits per heavy atom. The molecule has 0 amide bonds. The van der Waals surface area contributed by atoms with Gasteiger partial charge in [0.1, 0.15) is 12.7 Å². The number of nitrogens with one attached hydrogen (secondary N) is 1. The van der Waals surface area contributed by atoms with E-state index in [-0.39, 0.29) is 27.9 Å². The maximum absolute atomic E-state index is 13.8. The zero-order valence-corrected chi connectivity index (χ0v) is 11.7. The first-order chi connectivity index (χ1) is 10.1. The molecule has 106 valence electrons. The van der Waals surface area contributed by atoms with Crippen LogP contribution in [0.15, 0.2) is 30.9 Å². The number of rotatable bonds is 3. The number of anilines is 2. The van der Waals surface area contributed by atoms with Crippen molar-refractivity contribution in [2.24, 2.45) is 0 Å². The molecule has 0 spiro atoms. The molecule has 3 aromatic rings. The van der Waals surface area contributed by atoms with E-state index >= 15 is 0 Å². The Kier molecular flexibility index (Phi) is 3.63. The molecule has 0 atom stereocenters. The van der Waals surface area contributed by atoms with Gasteiger partial charge in [-0.15, -0.1) is 0 Å². The molecule has 0 unspecified atom stereocenters. The van der Waals surface area contributed by atoms with Gasteiger partial charge in [0.25, 0.3) is 5.95 Å². The van der Waals surface area contributed by atoms with Crippen LogP contribution in [0.2, 0.25) is 10.3 Å². The normalized spacial score (nSPS) is 10.6. The third-order valence-electron chi connectivity index (χ3n) is 2.42. The number of hydrogen-bond acceptors (Lipinski definition) is 6. The van der Waals surface area contributed by atoms with Crippen LogP contribution in [0.3, 0.4) is 0 Å². The second kappa shape index (κ2) is 5.58. The summed E-state index contributed by atoms with van der Waals surface area (Å²) in [6, 6.07) is 4.52. The van der Waals surface area contributed by atoms with E-state index in [9.17, 15) is 4.39 Å². The van der Waals surface area contributed by atoms with Gasteiger partial charge in [-0.1, -0.05) is 17.7 Å². The standard InChI is InChI=1S/C11H6Cl2FN7/c12-6-2-1-3-7(8(6)14)17-10-18-9(13)19-11(20-10)21-5-15-4-16-21/h1-5H,(H,17,18,19,20). The Hall–Kier alpha value is -2.32. The van der Waals surface area contributed by atoms with Crippen LogP contribution < -0.4 is 5.32 Å². The maximum atomic E-state index is 13.8. The van der Waals surface area contributed by atoms with Crippen molar-refractivity contribution in [1.29, 1.82) is 0 Å². The highest BCUT2D eigenvalue weighted by molar-refractivity contribution is 6.31. The molecule has 7 nitrogen and oxygen atoms in total. The maximum Gasteiger partial charge on any atom is 0.258 e. The molecule has 2 heterocycles. The molecule has 0 fully saturated rings. The first kappa shape index (κ1) is 13.7. The quantitative estimate of drug-likeness (QED) is 0.797. The molecular formula is C11H6Cl2FN7. The minimum Gasteiger partial charge on any atom is -0.321 e. The molecule has 0 saturated carbocycles. The summed E-state index contributed by atoms with van der Waals surface area (Å²) in [7, 11) is 0. The highest BCUT2D eigenvalue weighted by Crippen LogP contribution is 2.24.